The third kappa shape index (κ3) is 2.09. The van der Waals surface area contributed by atoms with Crippen LogP contribution in [0.5, 0.6) is 0 Å². The van der Waals surface area contributed by atoms with E-state index >= 15 is 0 Å². The zero-order chi connectivity index (χ0) is 11.2. The Hall–Kier alpha value is -0.590. The van der Waals surface area contributed by atoms with Crippen LogP contribution in [0.15, 0.2) is 0 Å². The second kappa shape index (κ2) is 3.72. The van der Waals surface area contributed by atoms with Crippen molar-refractivity contribution in [2.24, 2.45) is 5.92 Å². The number of nitriles is 1. The summed E-state index contributed by atoms with van der Waals surface area (Å²) in [5, 5.41) is 13.2. The molecular formula is C13H21N3. The minimum Gasteiger partial charge on any atom is -0.300 e. The number of likely N-dealkylation sites (N-methyl/N-ethyl adjacent to an activating group) is 1. The summed E-state index contributed by atoms with van der Waals surface area (Å²) >= 11 is 0. The second-order valence-corrected chi connectivity index (χ2v) is 5.92. The van der Waals surface area contributed by atoms with Crippen molar-refractivity contribution < 1.29 is 0 Å². The molecule has 3 heteroatoms. The van der Waals surface area contributed by atoms with Crippen LogP contribution in [0.25, 0.3) is 0 Å². The largest absolute Gasteiger partial charge is 0.300 e. The highest BCUT2D eigenvalue weighted by Gasteiger charge is 2.49. The van der Waals surface area contributed by atoms with E-state index in [0.717, 1.165) is 12.6 Å². The van der Waals surface area contributed by atoms with Crippen molar-refractivity contribution in [3.05, 3.63) is 0 Å². The molecule has 88 valence electrons. The van der Waals surface area contributed by atoms with Crippen molar-refractivity contribution in [1.82, 2.24) is 10.2 Å². The summed E-state index contributed by atoms with van der Waals surface area (Å²) in [5.41, 5.74) is -0.238. The molecule has 0 aromatic heterocycles. The minimum atomic E-state index is -0.238. The maximum absolute atomic E-state index is 9.58. The van der Waals surface area contributed by atoms with Gasteiger partial charge in [0.15, 0.2) is 0 Å². The van der Waals surface area contributed by atoms with Crippen LogP contribution in [0.4, 0.5) is 0 Å². The molecule has 16 heavy (non-hydrogen) atoms. The van der Waals surface area contributed by atoms with E-state index in [1.807, 2.05) is 0 Å². The number of nitrogens with one attached hydrogen (secondary N) is 1. The zero-order valence-electron chi connectivity index (χ0n) is 10.1. The standard InChI is InChI=1S/C13H21N3/c1-16(12-6-7-12)9-13(8-14,10-2-3-10)15-11-4-5-11/h10-12,15H,2-7,9H2,1H3. The summed E-state index contributed by atoms with van der Waals surface area (Å²) in [6, 6.07) is 4.00. The van der Waals surface area contributed by atoms with Crippen LogP contribution in [-0.2, 0) is 0 Å². The van der Waals surface area contributed by atoms with Crippen molar-refractivity contribution >= 4 is 0 Å². The molecular weight excluding hydrogens is 198 g/mol. The molecule has 0 amide bonds. The van der Waals surface area contributed by atoms with Crippen molar-refractivity contribution in [2.45, 2.75) is 56.1 Å². The van der Waals surface area contributed by atoms with Crippen LogP contribution in [0.3, 0.4) is 0 Å². The maximum Gasteiger partial charge on any atom is 0.122 e. The Morgan fingerprint density at radius 2 is 1.94 bits per heavy atom. The van der Waals surface area contributed by atoms with Gasteiger partial charge in [-0.15, -0.1) is 0 Å². The lowest BCUT2D eigenvalue weighted by atomic mass is 9.94. The molecule has 3 saturated carbocycles. The number of hydrogen-bond acceptors (Lipinski definition) is 3. The smallest absolute Gasteiger partial charge is 0.122 e. The Balaban J connectivity index is 1.68. The van der Waals surface area contributed by atoms with E-state index in [1.54, 1.807) is 0 Å². The molecule has 0 heterocycles. The summed E-state index contributed by atoms with van der Waals surface area (Å²) in [7, 11) is 2.18. The lowest BCUT2D eigenvalue weighted by molar-refractivity contribution is 0.219. The highest BCUT2D eigenvalue weighted by Crippen LogP contribution is 2.42. The molecule has 1 unspecified atom stereocenters. The number of nitrogens with zero attached hydrogens (tertiary/aromatic N) is 2. The summed E-state index contributed by atoms with van der Waals surface area (Å²) in [6.45, 7) is 0.926. The summed E-state index contributed by atoms with van der Waals surface area (Å²) in [6.07, 6.45) is 7.67. The van der Waals surface area contributed by atoms with Gasteiger partial charge in [0, 0.05) is 18.6 Å². The fourth-order valence-electron chi connectivity index (χ4n) is 2.66. The van der Waals surface area contributed by atoms with Crippen LogP contribution in [0.1, 0.15) is 38.5 Å². The second-order valence-electron chi connectivity index (χ2n) is 5.92. The van der Waals surface area contributed by atoms with E-state index in [2.05, 4.69) is 23.3 Å². The molecule has 1 atom stereocenters. The molecule has 3 nitrogen and oxygen atoms in total. The highest BCUT2D eigenvalue weighted by atomic mass is 15.2. The van der Waals surface area contributed by atoms with Crippen LogP contribution in [0, 0.1) is 17.2 Å². The van der Waals surface area contributed by atoms with Gasteiger partial charge in [0.25, 0.3) is 0 Å². The fourth-order valence-corrected chi connectivity index (χ4v) is 2.66. The van der Waals surface area contributed by atoms with E-state index in [4.69, 9.17) is 0 Å². The topological polar surface area (TPSA) is 39.1 Å². The first-order chi connectivity index (χ1) is 7.73. The van der Waals surface area contributed by atoms with Gasteiger partial charge in [0.05, 0.1) is 6.07 Å². The predicted molar refractivity (Wildman–Crippen MR) is 62.9 cm³/mol. The molecule has 0 aromatic rings. The summed E-state index contributed by atoms with van der Waals surface area (Å²) in [5.74, 6) is 0.610. The average molecular weight is 219 g/mol. The molecule has 3 fully saturated rings. The van der Waals surface area contributed by atoms with Crippen molar-refractivity contribution in [3.63, 3.8) is 0 Å². The van der Waals surface area contributed by atoms with E-state index < -0.39 is 0 Å². The molecule has 0 bridgehead atoms. The van der Waals surface area contributed by atoms with Gasteiger partial charge in [0.1, 0.15) is 5.54 Å². The first kappa shape index (κ1) is 10.6. The van der Waals surface area contributed by atoms with E-state index in [0.29, 0.717) is 12.0 Å². The molecule has 1 N–H and O–H groups in total. The van der Waals surface area contributed by atoms with Gasteiger partial charge in [-0.25, -0.2) is 0 Å². The zero-order valence-corrected chi connectivity index (χ0v) is 10.1. The molecule has 3 aliphatic rings. The summed E-state index contributed by atoms with van der Waals surface area (Å²) < 4.78 is 0. The Labute approximate surface area is 97.8 Å². The van der Waals surface area contributed by atoms with Crippen LogP contribution < -0.4 is 5.32 Å². The number of hydrogen-bond donors (Lipinski definition) is 1. The lowest BCUT2D eigenvalue weighted by Gasteiger charge is -2.32. The molecule has 0 aliphatic heterocycles. The Morgan fingerprint density at radius 3 is 2.38 bits per heavy atom. The van der Waals surface area contributed by atoms with Gasteiger partial charge < -0.3 is 4.90 Å². The highest BCUT2D eigenvalue weighted by molar-refractivity contribution is 5.19. The molecule has 0 aromatic carbocycles. The van der Waals surface area contributed by atoms with Crippen molar-refractivity contribution in [2.75, 3.05) is 13.6 Å². The quantitative estimate of drug-likeness (QED) is 0.736. The predicted octanol–water partition coefficient (Wildman–Crippen LogP) is 1.50. The molecule has 0 radical (unpaired) electrons. The molecule has 0 saturated heterocycles. The lowest BCUT2D eigenvalue weighted by Crippen LogP contribution is -2.55. The first-order valence-electron chi connectivity index (χ1n) is 6.63. The van der Waals surface area contributed by atoms with Crippen LogP contribution in [0.2, 0.25) is 0 Å². The van der Waals surface area contributed by atoms with Gasteiger partial charge in [0.2, 0.25) is 0 Å². The van der Waals surface area contributed by atoms with Gasteiger partial charge in [-0.1, -0.05) is 0 Å². The third-order valence-electron chi connectivity index (χ3n) is 4.18. The van der Waals surface area contributed by atoms with Gasteiger partial charge in [-0.2, -0.15) is 5.26 Å². The molecule has 0 spiro atoms. The van der Waals surface area contributed by atoms with E-state index in [1.165, 1.54) is 38.5 Å². The maximum atomic E-state index is 9.58. The van der Waals surface area contributed by atoms with E-state index in [9.17, 15) is 5.26 Å². The monoisotopic (exact) mass is 219 g/mol. The van der Waals surface area contributed by atoms with Crippen molar-refractivity contribution in [1.29, 1.82) is 5.26 Å². The van der Waals surface area contributed by atoms with Crippen molar-refractivity contribution in [3.8, 4) is 6.07 Å². The van der Waals surface area contributed by atoms with Crippen LogP contribution >= 0.6 is 0 Å². The third-order valence-corrected chi connectivity index (χ3v) is 4.18. The van der Waals surface area contributed by atoms with Crippen LogP contribution in [-0.4, -0.2) is 36.1 Å². The van der Waals surface area contributed by atoms with Gasteiger partial charge in [-0.3, -0.25) is 5.32 Å². The number of rotatable bonds is 6. The Bertz CT molecular complexity index is 310. The first-order valence-corrected chi connectivity index (χ1v) is 6.63. The Morgan fingerprint density at radius 1 is 1.25 bits per heavy atom. The SMILES string of the molecule is CN(CC(C#N)(NC1CC1)C1CC1)C1CC1. The molecule has 3 aliphatic carbocycles. The van der Waals surface area contributed by atoms with Gasteiger partial charge >= 0.3 is 0 Å². The minimum absolute atomic E-state index is 0.238. The van der Waals surface area contributed by atoms with Gasteiger partial charge in [-0.05, 0) is 51.5 Å². The summed E-state index contributed by atoms with van der Waals surface area (Å²) in [4.78, 5) is 2.40. The van der Waals surface area contributed by atoms with E-state index in [-0.39, 0.29) is 5.54 Å². The molecule has 3 rings (SSSR count). The average Bonchev–Trinajstić information content (AvgIpc) is 3.16. The normalized spacial score (nSPS) is 28.8. The Kier molecular flexibility index (Phi) is 2.45. The fraction of sp³-hybridized carbons (Fsp3) is 0.923.